The SMILES string of the molecule is COc1cc(CNc2ccc(-c3nc4ccc(C)cc4s3)cc2)cc(Cl)c1OCc1ccc(Cl)cc1. The highest BCUT2D eigenvalue weighted by Gasteiger charge is 2.13. The number of anilines is 1. The van der Waals surface area contributed by atoms with Crippen molar-refractivity contribution in [1.82, 2.24) is 4.98 Å². The highest BCUT2D eigenvalue weighted by Crippen LogP contribution is 2.37. The molecule has 7 heteroatoms. The lowest BCUT2D eigenvalue weighted by molar-refractivity contribution is 0.284. The Balaban J connectivity index is 1.25. The van der Waals surface area contributed by atoms with Gasteiger partial charge in [0.2, 0.25) is 0 Å². The van der Waals surface area contributed by atoms with E-state index in [1.54, 1.807) is 18.4 Å². The van der Waals surface area contributed by atoms with Crippen LogP contribution in [0, 0.1) is 6.92 Å². The summed E-state index contributed by atoms with van der Waals surface area (Å²) in [7, 11) is 1.61. The van der Waals surface area contributed by atoms with Gasteiger partial charge in [-0.25, -0.2) is 4.98 Å². The van der Waals surface area contributed by atoms with Crippen LogP contribution in [0.4, 0.5) is 5.69 Å². The number of benzene rings is 4. The average molecular weight is 535 g/mol. The maximum Gasteiger partial charge on any atom is 0.180 e. The Bertz CT molecular complexity index is 1500. The molecule has 5 aromatic rings. The van der Waals surface area contributed by atoms with E-state index in [0.29, 0.717) is 34.7 Å². The fourth-order valence-electron chi connectivity index (χ4n) is 3.84. The average Bonchev–Trinajstić information content (AvgIpc) is 3.31. The zero-order chi connectivity index (χ0) is 25.1. The third-order valence-electron chi connectivity index (χ3n) is 5.76. The number of nitrogens with zero attached hydrogens (tertiary/aromatic N) is 1. The number of hydrogen-bond acceptors (Lipinski definition) is 5. The first-order valence-corrected chi connectivity index (χ1v) is 13.0. The van der Waals surface area contributed by atoms with Crippen LogP contribution >= 0.6 is 34.5 Å². The lowest BCUT2D eigenvalue weighted by Crippen LogP contribution is -2.02. The molecular weight excluding hydrogens is 511 g/mol. The summed E-state index contributed by atoms with van der Waals surface area (Å²) < 4.78 is 12.7. The smallest absolute Gasteiger partial charge is 0.180 e. The van der Waals surface area contributed by atoms with Crippen LogP contribution < -0.4 is 14.8 Å². The number of methoxy groups -OCH3 is 1. The molecule has 0 aliphatic carbocycles. The van der Waals surface area contributed by atoms with E-state index in [4.69, 9.17) is 37.7 Å². The van der Waals surface area contributed by atoms with Crippen molar-refractivity contribution in [3.8, 4) is 22.1 Å². The van der Waals surface area contributed by atoms with Crippen LogP contribution in [-0.2, 0) is 13.2 Å². The monoisotopic (exact) mass is 534 g/mol. The number of aryl methyl sites for hydroxylation is 1. The van der Waals surface area contributed by atoms with Crippen molar-refractivity contribution in [3.63, 3.8) is 0 Å². The predicted octanol–water partition coefficient (Wildman–Crippen LogP) is 8.78. The minimum atomic E-state index is 0.367. The molecule has 0 aliphatic rings. The van der Waals surface area contributed by atoms with Gasteiger partial charge < -0.3 is 14.8 Å². The van der Waals surface area contributed by atoms with Gasteiger partial charge in [0.1, 0.15) is 11.6 Å². The second-order valence-electron chi connectivity index (χ2n) is 8.45. The standard InChI is InChI=1S/C29H24Cl2N2O2S/c1-18-3-12-25-27(13-18)36-29(33-25)21-6-10-23(11-7-21)32-16-20-14-24(31)28(26(15-20)34-2)35-17-19-4-8-22(30)9-5-19/h3-15,32H,16-17H2,1-2H3. The molecule has 1 aromatic heterocycles. The summed E-state index contributed by atoms with van der Waals surface area (Å²) in [5.74, 6) is 1.11. The fraction of sp³-hybridized carbons (Fsp3) is 0.138. The molecular formula is C29H24Cl2N2O2S. The molecule has 0 saturated heterocycles. The Morgan fingerprint density at radius 3 is 2.42 bits per heavy atom. The van der Waals surface area contributed by atoms with Crippen molar-refractivity contribution >= 4 is 50.4 Å². The van der Waals surface area contributed by atoms with Gasteiger partial charge in [0.25, 0.3) is 0 Å². The van der Waals surface area contributed by atoms with Gasteiger partial charge in [-0.15, -0.1) is 11.3 Å². The minimum absolute atomic E-state index is 0.367. The van der Waals surface area contributed by atoms with Crippen LogP contribution in [-0.4, -0.2) is 12.1 Å². The molecule has 0 amide bonds. The molecule has 5 rings (SSSR count). The Hall–Kier alpha value is -3.25. The normalized spacial score (nSPS) is 11.0. The fourth-order valence-corrected chi connectivity index (χ4v) is 5.32. The topological polar surface area (TPSA) is 43.4 Å². The number of nitrogens with one attached hydrogen (secondary N) is 1. The lowest BCUT2D eigenvalue weighted by Gasteiger charge is -2.15. The second kappa shape index (κ2) is 10.8. The largest absolute Gasteiger partial charge is 0.493 e. The molecule has 0 fully saturated rings. The van der Waals surface area contributed by atoms with Gasteiger partial charge in [-0.1, -0.05) is 41.4 Å². The minimum Gasteiger partial charge on any atom is -0.493 e. The number of rotatable bonds is 8. The van der Waals surface area contributed by atoms with Gasteiger partial charge in [0.15, 0.2) is 11.5 Å². The molecule has 4 nitrogen and oxygen atoms in total. The van der Waals surface area contributed by atoms with Gasteiger partial charge in [-0.2, -0.15) is 0 Å². The highest BCUT2D eigenvalue weighted by molar-refractivity contribution is 7.21. The van der Waals surface area contributed by atoms with E-state index in [0.717, 1.165) is 32.9 Å². The van der Waals surface area contributed by atoms with Gasteiger partial charge in [-0.3, -0.25) is 0 Å². The first-order valence-electron chi connectivity index (χ1n) is 11.4. The van der Waals surface area contributed by atoms with E-state index in [1.165, 1.54) is 10.3 Å². The summed E-state index contributed by atoms with van der Waals surface area (Å²) in [4.78, 5) is 4.77. The summed E-state index contributed by atoms with van der Waals surface area (Å²) >= 11 is 14.2. The van der Waals surface area contributed by atoms with Crippen molar-refractivity contribution < 1.29 is 9.47 Å². The molecule has 0 unspecified atom stereocenters. The van der Waals surface area contributed by atoms with Gasteiger partial charge in [0, 0.05) is 22.8 Å². The number of fused-ring (bicyclic) bond motifs is 1. The molecule has 0 aliphatic heterocycles. The molecule has 0 bridgehead atoms. The molecule has 1 N–H and O–H groups in total. The number of thiazole rings is 1. The quantitative estimate of drug-likeness (QED) is 0.216. The van der Waals surface area contributed by atoms with Crippen LogP contribution in [0.5, 0.6) is 11.5 Å². The van der Waals surface area contributed by atoms with Gasteiger partial charge in [-0.05, 0) is 84.3 Å². The molecule has 0 radical (unpaired) electrons. The van der Waals surface area contributed by atoms with Crippen molar-refractivity contribution in [2.45, 2.75) is 20.1 Å². The number of aromatic nitrogens is 1. The van der Waals surface area contributed by atoms with E-state index in [2.05, 4.69) is 54.7 Å². The summed E-state index contributed by atoms with van der Waals surface area (Å²) in [6.07, 6.45) is 0. The predicted molar refractivity (Wildman–Crippen MR) is 151 cm³/mol. The molecule has 1 heterocycles. The molecule has 0 spiro atoms. The molecule has 0 atom stereocenters. The first-order chi connectivity index (χ1) is 17.5. The van der Waals surface area contributed by atoms with E-state index in [-0.39, 0.29) is 0 Å². The second-order valence-corrected chi connectivity index (χ2v) is 10.3. The van der Waals surface area contributed by atoms with Crippen molar-refractivity contribution in [2.75, 3.05) is 12.4 Å². The van der Waals surface area contributed by atoms with Crippen LogP contribution in [0.2, 0.25) is 10.0 Å². The van der Waals surface area contributed by atoms with Crippen LogP contribution in [0.25, 0.3) is 20.8 Å². The summed E-state index contributed by atoms with van der Waals surface area (Å²) in [5, 5.41) is 5.66. The summed E-state index contributed by atoms with van der Waals surface area (Å²) in [6.45, 7) is 3.06. The van der Waals surface area contributed by atoms with Crippen LogP contribution in [0.15, 0.2) is 78.9 Å². The van der Waals surface area contributed by atoms with Gasteiger partial charge in [0.05, 0.1) is 22.3 Å². The molecule has 4 aromatic carbocycles. The maximum atomic E-state index is 6.56. The van der Waals surface area contributed by atoms with Gasteiger partial charge >= 0.3 is 0 Å². The number of ether oxygens (including phenoxy) is 2. The van der Waals surface area contributed by atoms with E-state index >= 15 is 0 Å². The molecule has 0 saturated carbocycles. The first kappa shape index (κ1) is 24.4. The third kappa shape index (κ3) is 5.59. The Morgan fingerprint density at radius 1 is 0.889 bits per heavy atom. The molecule has 36 heavy (non-hydrogen) atoms. The Morgan fingerprint density at radius 2 is 1.67 bits per heavy atom. The van der Waals surface area contributed by atoms with Crippen molar-refractivity contribution in [2.24, 2.45) is 0 Å². The molecule has 182 valence electrons. The lowest BCUT2D eigenvalue weighted by atomic mass is 10.1. The summed E-state index contributed by atoms with van der Waals surface area (Å²) in [5.41, 5.74) is 6.37. The third-order valence-corrected chi connectivity index (χ3v) is 7.36. The Labute approximate surface area is 224 Å². The highest BCUT2D eigenvalue weighted by atomic mass is 35.5. The Kier molecular flexibility index (Phi) is 7.33. The van der Waals surface area contributed by atoms with E-state index < -0.39 is 0 Å². The number of hydrogen-bond donors (Lipinski definition) is 1. The zero-order valence-corrected chi connectivity index (χ0v) is 22.2. The van der Waals surface area contributed by atoms with Crippen LogP contribution in [0.1, 0.15) is 16.7 Å². The van der Waals surface area contributed by atoms with E-state index in [1.807, 2.05) is 36.4 Å². The maximum absolute atomic E-state index is 6.56. The summed E-state index contributed by atoms with van der Waals surface area (Å²) in [6, 6.07) is 26.0. The van der Waals surface area contributed by atoms with Crippen molar-refractivity contribution in [3.05, 3.63) is 106 Å². The zero-order valence-electron chi connectivity index (χ0n) is 19.8. The number of halogens is 2. The van der Waals surface area contributed by atoms with Crippen LogP contribution in [0.3, 0.4) is 0 Å². The van der Waals surface area contributed by atoms with Crippen molar-refractivity contribution in [1.29, 1.82) is 0 Å². The van der Waals surface area contributed by atoms with E-state index in [9.17, 15) is 0 Å².